The summed E-state index contributed by atoms with van der Waals surface area (Å²) in [5, 5.41) is 3.82. The van der Waals surface area contributed by atoms with Gasteiger partial charge in [0.15, 0.2) is 0 Å². The van der Waals surface area contributed by atoms with E-state index in [9.17, 15) is 0 Å². The Morgan fingerprint density at radius 2 is 1.58 bits per heavy atom. The van der Waals surface area contributed by atoms with Crippen molar-refractivity contribution >= 4 is 0 Å². The molecule has 2 atom stereocenters. The molecule has 0 amide bonds. The molecular formula is C17H36N2. The molecule has 1 saturated carbocycles. The van der Waals surface area contributed by atoms with Crippen molar-refractivity contribution < 1.29 is 0 Å². The van der Waals surface area contributed by atoms with Crippen molar-refractivity contribution in [3.63, 3.8) is 0 Å². The number of hydrogen-bond acceptors (Lipinski definition) is 2. The maximum absolute atomic E-state index is 3.82. The predicted octanol–water partition coefficient (Wildman–Crippen LogP) is 4.06. The van der Waals surface area contributed by atoms with E-state index in [0.717, 1.165) is 12.0 Å². The molecule has 0 saturated heterocycles. The largest absolute Gasteiger partial charge is 0.314 e. The molecule has 0 heterocycles. The van der Waals surface area contributed by atoms with Gasteiger partial charge in [-0.05, 0) is 57.7 Å². The van der Waals surface area contributed by atoms with Crippen LogP contribution in [0.2, 0.25) is 0 Å². The zero-order valence-corrected chi connectivity index (χ0v) is 13.6. The standard InChI is InChI=1S/C17H36N2/c1-4-12-18-17-11-9-7-8-10-16(17)15-19(13-5-2)14-6-3/h16-18H,4-15H2,1-3H3. The maximum atomic E-state index is 3.82. The second-order valence-electron chi connectivity index (χ2n) is 6.26. The van der Waals surface area contributed by atoms with Crippen LogP contribution in [0.15, 0.2) is 0 Å². The first-order chi connectivity index (χ1) is 9.31. The lowest BCUT2D eigenvalue weighted by Gasteiger charge is -2.32. The molecule has 1 aliphatic rings. The minimum atomic E-state index is 0.777. The van der Waals surface area contributed by atoms with Crippen molar-refractivity contribution in [3.8, 4) is 0 Å². The van der Waals surface area contributed by atoms with Gasteiger partial charge in [0.05, 0.1) is 0 Å². The fourth-order valence-corrected chi connectivity index (χ4v) is 3.46. The van der Waals surface area contributed by atoms with E-state index in [2.05, 4.69) is 31.0 Å². The fraction of sp³-hybridized carbons (Fsp3) is 1.00. The first-order valence-corrected chi connectivity index (χ1v) is 8.77. The van der Waals surface area contributed by atoms with Gasteiger partial charge < -0.3 is 10.2 Å². The van der Waals surface area contributed by atoms with Gasteiger partial charge in [-0.1, -0.05) is 40.0 Å². The summed E-state index contributed by atoms with van der Waals surface area (Å²) < 4.78 is 0. The molecule has 1 rings (SSSR count). The van der Waals surface area contributed by atoms with Gasteiger partial charge in [-0.25, -0.2) is 0 Å². The average Bonchev–Trinajstić information content (AvgIpc) is 2.62. The van der Waals surface area contributed by atoms with Gasteiger partial charge in [0.2, 0.25) is 0 Å². The summed E-state index contributed by atoms with van der Waals surface area (Å²) >= 11 is 0. The highest BCUT2D eigenvalue weighted by Gasteiger charge is 2.24. The highest BCUT2D eigenvalue weighted by molar-refractivity contribution is 4.82. The van der Waals surface area contributed by atoms with Crippen LogP contribution >= 0.6 is 0 Å². The van der Waals surface area contributed by atoms with Crippen LogP contribution in [0.3, 0.4) is 0 Å². The van der Waals surface area contributed by atoms with Crippen LogP contribution < -0.4 is 5.32 Å². The van der Waals surface area contributed by atoms with Crippen molar-refractivity contribution in [2.45, 2.75) is 78.2 Å². The van der Waals surface area contributed by atoms with Gasteiger partial charge in [0.25, 0.3) is 0 Å². The molecule has 1 N–H and O–H groups in total. The summed E-state index contributed by atoms with van der Waals surface area (Å²) in [5.41, 5.74) is 0. The molecule has 0 radical (unpaired) electrons. The number of rotatable bonds is 9. The summed E-state index contributed by atoms with van der Waals surface area (Å²) in [6.45, 7) is 12.0. The lowest BCUT2D eigenvalue weighted by molar-refractivity contribution is 0.194. The van der Waals surface area contributed by atoms with Crippen LogP contribution in [0.5, 0.6) is 0 Å². The van der Waals surface area contributed by atoms with Crippen molar-refractivity contribution in [1.29, 1.82) is 0 Å². The third-order valence-corrected chi connectivity index (χ3v) is 4.39. The summed E-state index contributed by atoms with van der Waals surface area (Å²) in [6.07, 6.45) is 11.0. The van der Waals surface area contributed by atoms with E-state index in [0.29, 0.717) is 0 Å². The maximum Gasteiger partial charge on any atom is 0.0107 e. The van der Waals surface area contributed by atoms with Crippen molar-refractivity contribution in [1.82, 2.24) is 10.2 Å². The molecule has 0 aromatic rings. The van der Waals surface area contributed by atoms with E-state index in [1.807, 2.05) is 0 Å². The Morgan fingerprint density at radius 3 is 2.21 bits per heavy atom. The van der Waals surface area contributed by atoms with Crippen LogP contribution in [-0.4, -0.2) is 37.1 Å². The van der Waals surface area contributed by atoms with Crippen LogP contribution in [0, 0.1) is 5.92 Å². The second kappa shape index (κ2) is 10.7. The Balaban J connectivity index is 2.51. The molecule has 0 aromatic heterocycles. The van der Waals surface area contributed by atoms with Gasteiger partial charge in [0.1, 0.15) is 0 Å². The number of hydrogen-bond donors (Lipinski definition) is 1. The first-order valence-electron chi connectivity index (χ1n) is 8.77. The highest BCUT2D eigenvalue weighted by Crippen LogP contribution is 2.24. The van der Waals surface area contributed by atoms with E-state index < -0.39 is 0 Å². The molecule has 0 spiro atoms. The molecule has 0 bridgehead atoms. The van der Waals surface area contributed by atoms with E-state index in [-0.39, 0.29) is 0 Å². The Hall–Kier alpha value is -0.0800. The van der Waals surface area contributed by atoms with Gasteiger partial charge in [0, 0.05) is 12.6 Å². The molecule has 0 aliphatic heterocycles. The number of nitrogens with zero attached hydrogens (tertiary/aromatic N) is 1. The molecule has 19 heavy (non-hydrogen) atoms. The zero-order chi connectivity index (χ0) is 13.9. The minimum absolute atomic E-state index is 0.777. The smallest absolute Gasteiger partial charge is 0.0107 e. The van der Waals surface area contributed by atoms with Gasteiger partial charge >= 0.3 is 0 Å². The summed E-state index contributed by atoms with van der Waals surface area (Å²) in [5.74, 6) is 0.882. The quantitative estimate of drug-likeness (QED) is 0.635. The summed E-state index contributed by atoms with van der Waals surface area (Å²) in [4.78, 5) is 2.70. The molecular weight excluding hydrogens is 232 g/mol. The van der Waals surface area contributed by atoms with Crippen LogP contribution in [0.4, 0.5) is 0 Å². The Labute approximate surface area is 121 Å². The van der Waals surface area contributed by atoms with E-state index in [1.54, 1.807) is 0 Å². The van der Waals surface area contributed by atoms with E-state index in [1.165, 1.54) is 77.5 Å². The van der Waals surface area contributed by atoms with Crippen molar-refractivity contribution in [3.05, 3.63) is 0 Å². The Bertz CT molecular complexity index is 199. The Morgan fingerprint density at radius 1 is 0.895 bits per heavy atom. The fourth-order valence-electron chi connectivity index (χ4n) is 3.46. The van der Waals surface area contributed by atoms with Crippen LogP contribution in [-0.2, 0) is 0 Å². The second-order valence-corrected chi connectivity index (χ2v) is 6.26. The minimum Gasteiger partial charge on any atom is -0.314 e. The van der Waals surface area contributed by atoms with Crippen molar-refractivity contribution in [2.75, 3.05) is 26.2 Å². The average molecular weight is 268 g/mol. The predicted molar refractivity (Wildman–Crippen MR) is 85.7 cm³/mol. The third kappa shape index (κ3) is 6.76. The van der Waals surface area contributed by atoms with Crippen molar-refractivity contribution in [2.24, 2.45) is 5.92 Å². The van der Waals surface area contributed by atoms with Crippen LogP contribution in [0.25, 0.3) is 0 Å². The molecule has 2 nitrogen and oxygen atoms in total. The molecule has 0 aromatic carbocycles. The summed E-state index contributed by atoms with van der Waals surface area (Å²) in [7, 11) is 0. The lowest BCUT2D eigenvalue weighted by Crippen LogP contribution is -2.42. The topological polar surface area (TPSA) is 15.3 Å². The number of nitrogens with one attached hydrogen (secondary N) is 1. The summed E-state index contributed by atoms with van der Waals surface area (Å²) in [6, 6.07) is 0.777. The van der Waals surface area contributed by atoms with E-state index in [4.69, 9.17) is 0 Å². The molecule has 114 valence electrons. The first kappa shape index (κ1) is 17.0. The third-order valence-electron chi connectivity index (χ3n) is 4.39. The zero-order valence-electron chi connectivity index (χ0n) is 13.6. The van der Waals surface area contributed by atoms with Gasteiger partial charge in [-0.2, -0.15) is 0 Å². The molecule has 1 fully saturated rings. The van der Waals surface area contributed by atoms with Gasteiger partial charge in [-0.15, -0.1) is 0 Å². The monoisotopic (exact) mass is 268 g/mol. The lowest BCUT2D eigenvalue weighted by atomic mass is 9.93. The van der Waals surface area contributed by atoms with Crippen LogP contribution in [0.1, 0.15) is 72.1 Å². The Kier molecular flexibility index (Phi) is 9.54. The molecule has 2 unspecified atom stereocenters. The molecule has 2 heteroatoms. The normalized spacial score (nSPS) is 24.6. The van der Waals surface area contributed by atoms with E-state index >= 15 is 0 Å². The highest BCUT2D eigenvalue weighted by atomic mass is 15.1. The SMILES string of the molecule is CCCNC1CCCCCC1CN(CCC)CCC. The molecule has 1 aliphatic carbocycles. The van der Waals surface area contributed by atoms with Gasteiger partial charge in [-0.3, -0.25) is 0 Å².